The van der Waals surface area contributed by atoms with E-state index in [2.05, 4.69) is 15.8 Å². The Morgan fingerprint density at radius 3 is 2.39 bits per heavy atom. The second-order valence-electron chi connectivity index (χ2n) is 6.89. The minimum Gasteiger partial charge on any atom is -0.488 e. The number of carbonyl (C=O) groups is 2. The lowest BCUT2D eigenvalue weighted by molar-refractivity contribution is -0.116. The van der Waals surface area contributed by atoms with Crippen molar-refractivity contribution >= 4 is 23.7 Å². The molecule has 0 aliphatic carbocycles. The van der Waals surface area contributed by atoms with Crippen LogP contribution in [0.15, 0.2) is 84.0 Å². The van der Waals surface area contributed by atoms with Gasteiger partial charge in [-0.3, -0.25) is 9.59 Å². The zero-order valence-corrected chi connectivity index (χ0v) is 17.4. The lowest BCUT2D eigenvalue weighted by atomic mass is 10.2. The summed E-state index contributed by atoms with van der Waals surface area (Å²) < 4.78 is 5.89. The van der Waals surface area contributed by atoms with E-state index in [4.69, 9.17) is 4.74 Å². The van der Waals surface area contributed by atoms with Crippen molar-refractivity contribution in [3.8, 4) is 5.75 Å². The van der Waals surface area contributed by atoms with E-state index < -0.39 is 0 Å². The van der Waals surface area contributed by atoms with Crippen molar-refractivity contribution in [3.05, 3.63) is 95.6 Å². The largest absolute Gasteiger partial charge is 0.488 e. The third-order valence-corrected chi connectivity index (χ3v) is 4.43. The van der Waals surface area contributed by atoms with Gasteiger partial charge >= 0.3 is 0 Å². The van der Waals surface area contributed by atoms with Gasteiger partial charge in [0, 0.05) is 23.2 Å². The van der Waals surface area contributed by atoms with Gasteiger partial charge < -0.3 is 10.1 Å². The summed E-state index contributed by atoms with van der Waals surface area (Å²) in [5.74, 6) is 0.291. The Labute approximate surface area is 182 Å². The molecule has 2 amide bonds. The van der Waals surface area contributed by atoms with Gasteiger partial charge in [-0.15, -0.1) is 0 Å². The molecule has 0 spiro atoms. The molecule has 0 atom stereocenters. The van der Waals surface area contributed by atoms with E-state index >= 15 is 0 Å². The Morgan fingerprint density at radius 2 is 1.65 bits per heavy atom. The van der Waals surface area contributed by atoms with Crippen molar-refractivity contribution in [2.24, 2.45) is 5.10 Å². The van der Waals surface area contributed by atoms with E-state index in [1.165, 1.54) is 0 Å². The molecule has 6 heteroatoms. The summed E-state index contributed by atoms with van der Waals surface area (Å²) in [5, 5.41) is 6.84. The van der Waals surface area contributed by atoms with Crippen LogP contribution in [0.25, 0.3) is 0 Å². The minimum absolute atomic E-state index is 0.0440. The first-order chi connectivity index (χ1) is 15.2. The van der Waals surface area contributed by atoms with Crippen LogP contribution < -0.4 is 15.5 Å². The van der Waals surface area contributed by atoms with Crippen LogP contribution in [0.4, 0.5) is 5.69 Å². The average molecular weight is 415 g/mol. The number of para-hydroxylation sites is 1. The summed E-state index contributed by atoms with van der Waals surface area (Å²) in [6.07, 6.45) is 2.80. The fourth-order valence-electron chi connectivity index (χ4n) is 2.83. The van der Waals surface area contributed by atoms with Crippen LogP contribution in [0.5, 0.6) is 5.75 Å². The van der Waals surface area contributed by atoms with Gasteiger partial charge in [0.05, 0.1) is 6.21 Å². The number of benzene rings is 3. The third-order valence-electron chi connectivity index (χ3n) is 4.43. The molecule has 3 rings (SSSR count). The van der Waals surface area contributed by atoms with E-state index in [1.807, 2.05) is 61.5 Å². The fraction of sp³-hybridized carbons (Fsp3) is 0.160. The Bertz CT molecular complexity index is 1030. The van der Waals surface area contributed by atoms with Gasteiger partial charge in [0.1, 0.15) is 12.4 Å². The molecular weight excluding hydrogens is 390 g/mol. The van der Waals surface area contributed by atoms with Crippen molar-refractivity contribution in [2.75, 3.05) is 5.32 Å². The van der Waals surface area contributed by atoms with E-state index in [9.17, 15) is 9.59 Å². The highest BCUT2D eigenvalue weighted by atomic mass is 16.5. The molecule has 3 aromatic carbocycles. The van der Waals surface area contributed by atoms with E-state index in [0.29, 0.717) is 30.0 Å². The Hall–Kier alpha value is -3.93. The zero-order valence-electron chi connectivity index (χ0n) is 17.4. The number of rotatable bonds is 9. The van der Waals surface area contributed by atoms with Crippen LogP contribution in [0.3, 0.4) is 0 Å². The van der Waals surface area contributed by atoms with Crippen molar-refractivity contribution in [2.45, 2.75) is 26.4 Å². The predicted molar refractivity (Wildman–Crippen MR) is 122 cm³/mol. The van der Waals surface area contributed by atoms with Gasteiger partial charge in [-0.1, -0.05) is 49.4 Å². The number of ether oxygens (including phenoxy) is 1. The standard InChI is InChI=1S/C25H25N3O3/c1-2-8-24(29)27-22-15-13-20(14-16-22)25(30)28-26-17-21-11-6-7-12-23(21)31-18-19-9-4-3-5-10-19/h3-7,9-17H,2,8,18H2,1H3,(H,27,29)(H,28,30). The number of hydrogen-bond acceptors (Lipinski definition) is 4. The molecule has 0 heterocycles. The van der Waals surface area contributed by atoms with Crippen molar-refractivity contribution in [3.63, 3.8) is 0 Å². The third kappa shape index (κ3) is 6.82. The fourth-order valence-corrected chi connectivity index (χ4v) is 2.83. The van der Waals surface area contributed by atoms with Crippen molar-refractivity contribution in [1.29, 1.82) is 0 Å². The molecule has 2 N–H and O–H groups in total. The first kappa shape index (κ1) is 21.8. The van der Waals surface area contributed by atoms with Crippen molar-refractivity contribution < 1.29 is 14.3 Å². The molecular formula is C25H25N3O3. The van der Waals surface area contributed by atoms with E-state index in [-0.39, 0.29) is 11.8 Å². The monoisotopic (exact) mass is 415 g/mol. The molecule has 158 valence electrons. The minimum atomic E-state index is -0.342. The number of amides is 2. The maximum Gasteiger partial charge on any atom is 0.271 e. The molecule has 3 aromatic rings. The van der Waals surface area contributed by atoms with Crippen LogP contribution in [-0.2, 0) is 11.4 Å². The molecule has 0 aliphatic heterocycles. The van der Waals surface area contributed by atoms with Crippen LogP contribution in [0.1, 0.15) is 41.3 Å². The summed E-state index contributed by atoms with van der Waals surface area (Å²) in [6, 6.07) is 24.0. The summed E-state index contributed by atoms with van der Waals surface area (Å²) in [4.78, 5) is 24.0. The van der Waals surface area contributed by atoms with Crippen LogP contribution >= 0.6 is 0 Å². The second-order valence-corrected chi connectivity index (χ2v) is 6.89. The van der Waals surface area contributed by atoms with Gasteiger partial charge in [-0.25, -0.2) is 5.43 Å². The van der Waals surface area contributed by atoms with Gasteiger partial charge in [0.15, 0.2) is 0 Å². The Kier molecular flexibility index (Phi) is 7.94. The Morgan fingerprint density at radius 1 is 0.935 bits per heavy atom. The molecule has 0 fully saturated rings. The first-order valence-electron chi connectivity index (χ1n) is 10.1. The van der Waals surface area contributed by atoms with E-state index in [0.717, 1.165) is 17.5 Å². The smallest absolute Gasteiger partial charge is 0.271 e. The highest BCUT2D eigenvalue weighted by Gasteiger charge is 2.06. The number of nitrogens with zero attached hydrogens (tertiary/aromatic N) is 1. The molecule has 0 bridgehead atoms. The highest BCUT2D eigenvalue weighted by Crippen LogP contribution is 2.17. The molecule has 0 unspecified atom stereocenters. The molecule has 31 heavy (non-hydrogen) atoms. The average Bonchev–Trinajstić information content (AvgIpc) is 2.79. The molecule has 0 radical (unpaired) electrons. The lowest BCUT2D eigenvalue weighted by Crippen LogP contribution is -2.18. The molecule has 0 aromatic heterocycles. The number of carbonyl (C=O) groups excluding carboxylic acids is 2. The van der Waals surface area contributed by atoms with Crippen molar-refractivity contribution in [1.82, 2.24) is 5.43 Å². The summed E-state index contributed by atoms with van der Waals surface area (Å²) in [7, 11) is 0. The summed E-state index contributed by atoms with van der Waals surface area (Å²) in [6.45, 7) is 2.39. The van der Waals surface area contributed by atoms with Crippen LogP contribution in [0, 0.1) is 0 Å². The summed E-state index contributed by atoms with van der Waals surface area (Å²) >= 11 is 0. The molecule has 0 saturated carbocycles. The van der Waals surface area contributed by atoms with Gasteiger partial charge in [0.2, 0.25) is 5.91 Å². The maximum absolute atomic E-state index is 12.3. The van der Waals surface area contributed by atoms with Gasteiger partial charge in [-0.05, 0) is 48.4 Å². The van der Waals surface area contributed by atoms with Gasteiger partial charge in [0.25, 0.3) is 5.91 Å². The van der Waals surface area contributed by atoms with Gasteiger partial charge in [-0.2, -0.15) is 5.10 Å². The SMILES string of the molecule is CCCC(=O)Nc1ccc(C(=O)NN=Cc2ccccc2OCc2ccccc2)cc1. The summed E-state index contributed by atoms with van der Waals surface area (Å²) in [5.41, 5.74) is 5.44. The zero-order chi connectivity index (χ0) is 21.9. The quantitative estimate of drug-likeness (QED) is 0.390. The number of hydrogen-bond donors (Lipinski definition) is 2. The normalized spacial score (nSPS) is 10.6. The van der Waals surface area contributed by atoms with Crippen LogP contribution in [-0.4, -0.2) is 18.0 Å². The Balaban J connectivity index is 1.56. The second kappa shape index (κ2) is 11.3. The molecule has 0 saturated heterocycles. The number of anilines is 1. The molecule has 0 aliphatic rings. The van der Waals surface area contributed by atoms with E-state index in [1.54, 1.807) is 30.5 Å². The molecule has 6 nitrogen and oxygen atoms in total. The number of nitrogens with one attached hydrogen (secondary N) is 2. The number of hydrazone groups is 1. The maximum atomic E-state index is 12.3. The highest BCUT2D eigenvalue weighted by molar-refractivity contribution is 5.96. The van der Waals surface area contributed by atoms with Crippen LogP contribution in [0.2, 0.25) is 0 Å². The first-order valence-corrected chi connectivity index (χ1v) is 10.1. The predicted octanol–water partition coefficient (Wildman–Crippen LogP) is 4.77. The lowest BCUT2D eigenvalue weighted by Gasteiger charge is -2.09. The topological polar surface area (TPSA) is 79.8 Å².